The van der Waals surface area contributed by atoms with Crippen LogP contribution in [0.25, 0.3) is 0 Å². The molecule has 0 unspecified atom stereocenters. The Morgan fingerprint density at radius 2 is 2.04 bits per heavy atom. The highest BCUT2D eigenvalue weighted by molar-refractivity contribution is 5.95. The minimum absolute atomic E-state index is 0.0661. The molecule has 3 fully saturated rings. The second kappa shape index (κ2) is 5.69. The predicted molar refractivity (Wildman–Crippen MR) is 89.0 cm³/mol. The Hall–Kier alpha value is -1.16. The van der Waals surface area contributed by atoms with Crippen LogP contribution in [0.4, 0.5) is 0 Å². The molecule has 4 aliphatic rings. The van der Waals surface area contributed by atoms with E-state index in [2.05, 4.69) is 6.92 Å². The first-order chi connectivity index (χ1) is 11.4. The first-order valence-electron chi connectivity index (χ1n) is 9.49. The van der Waals surface area contributed by atoms with Crippen molar-refractivity contribution in [3.63, 3.8) is 0 Å². The lowest BCUT2D eigenvalue weighted by atomic mass is 9.52. The van der Waals surface area contributed by atoms with Crippen LogP contribution in [0, 0.1) is 29.1 Å². The molecule has 132 valence electrons. The molecule has 4 heteroatoms. The van der Waals surface area contributed by atoms with Crippen molar-refractivity contribution in [1.29, 1.82) is 0 Å². The van der Waals surface area contributed by atoms with Crippen molar-refractivity contribution in [1.82, 2.24) is 0 Å². The van der Waals surface area contributed by atoms with Gasteiger partial charge in [0.1, 0.15) is 12.2 Å². The van der Waals surface area contributed by atoms with Gasteiger partial charge in [0, 0.05) is 12.3 Å². The number of esters is 1. The molecule has 0 aromatic rings. The van der Waals surface area contributed by atoms with E-state index in [0.29, 0.717) is 30.1 Å². The summed E-state index contributed by atoms with van der Waals surface area (Å²) in [5.41, 5.74) is 1.39. The molecule has 4 aliphatic carbocycles. The van der Waals surface area contributed by atoms with Crippen molar-refractivity contribution in [3.8, 4) is 0 Å². The van der Waals surface area contributed by atoms with Gasteiger partial charge in [-0.05, 0) is 74.7 Å². The Labute approximate surface area is 143 Å². The Kier molecular flexibility index (Phi) is 3.87. The van der Waals surface area contributed by atoms with Crippen molar-refractivity contribution in [2.45, 2.75) is 71.0 Å². The number of ether oxygens (including phenoxy) is 1. The number of hydrogen-bond acceptors (Lipinski definition) is 4. The number of rotatable bonds is 1. The molecule has 24 heavy (non-hydrogen) atoms. The minimum atomic E-state index is -0.803. The highest BCUT2D eigenvalue weighted by atomic mass is 16.5. The Morgan fingerprint density at radius 1 is 1.25 bits per heavy atom. The van der Waals surface area contributed by atoms with Crippen molar-refractivity contribution in [2.75, 3.05) is 0 Å². The summed E-state index contributed by atoms with van der Waals surface area (Å²) in [6.07, 6.45) is 8.09. The van der Waals surface area contributed by atoms with E-state index in [0.717, 1.165) is 38.5 Å². The number of carbonyl (C=O) groups is 2. The van der Waals surface area contributed by atoms with Crippen molar-refractivity contribution in [3.05, 3.63) is 11.6 Å². The molecule has 0 aromatic carbocycles. The highest BCUT2D eigenvalue weighted by Crippen LogP contribution is 2.62. The number of aliphatic hydroxyl groups is 1. The Morgan fingerprint density at radius 3 is 2.79 bits per heavy atom. The van der Waals surface area contributed by atoms with Crippen LogP contribution < -0.4 is 0 Å². The molecule has 3 saturated carbocycles. The van der Waals surface area contributed by atoms with E-state index in [1.165, 1.54) is 12.5 Å². The van der Waals surface area contributed by atoms with E-state index in [1.807, 2.05) is 0 Å². The fraction of sp³-hybridized carbons (Fsp3) is 0.800. The fourth-order valence-corrected chi connectivity index (χ4v) is 6.51. The molecule has 7 atom stereocenters. The molecule has 0 radical (unpaired) electrons. The third-order valence-corrected chi connectivity index (χ3v) is 7.61. The van der Waals surface area contributed by atoms with E-state index in [9.17, 15) is 14.7 Å². The van der Waals surface area contributed by atoms with Gasteiger partial charge in [0.25, 0.3) is 0 Å². The fourth-order valence-electron chi connectivity index (χ4n) is 6.51. The lowest BCUT2D eigenvalue weighted by molar-refractivity contribution is -0.156. The van der Waals surface area contributed by atoms with Crippen LogP contribution in [0.5, 0.6) is 0 Å². The molecule has 1 N–H and O–H groups in total. The molecule has 0 saturated heterocycles. The molecular formula is C20H28O4. The molecule has 0 aliphatic heterocycles. The first-order valence-corrected chi connectivity index (χ1v) is 9.49. The van der Waals surface area contributed by atoms with Gasteiger partial charge in [0.2, 0.25) is 0 Å². The summed E-state index contributed by atoms with van der Waals surface area (Å²) in [5.74, 6) is 1.96. The average Bonchev–Trinajstić information content (AvgIpc) is 2.85. The van der Waals surface area contributed by atoms with Gasteiger partial charge in [-0.15, -0.1) is 0 Å². The van der Waals surface area contributed by atoms with Crippen molar-refractivity contribution < 1.29 is 19.4 Å². The molecule has 0 bridgehead atoms. The maximum absolute atomic E-state index is 11.8. The summed E-state index contributed by atoms with van der Waals surface area (Å²) in [4.78, 5) is 23.3. The van der Waals surface area contributed by atoms with E-state index in [1.54, 1.807) is 6.08 Å². The topological polar surface area (TPSA) is 63.6 Å². The van der Waals surface area contributed by atoms with Gasteiger partial charge in [0.15, 0.2) is 5.78 Å². The molecule has 0 amide bonds. The number of carbonyl (C=O) groups excluding carboxylic acids is 2. The maximum Gasteiger partial charge on any atom is 0.302 e. The van der Waals surface area contributed by atoms with Gasteiger partial charge in [-0.25, -0.2) is 0 Å². The van der Waals surface area contributed by atoms with Crippen LogP contribution in [-0.2, 0) is 14.3 Å². The van der Waals surface area contributed by atoms with Gasteiger partial charge in [-0.2, -0.15) is 0 Å². The van der Waals surface area contributed by atoms with Crippen LogP contribution in [0.15, 0.2) is 11.6 Å². The molecule has 0 heterocycles. The largest absolute Gasteiger partial charge is 0.462 e. The SMILES string of the molecule is CC(=O)O[C@@H]1CC[C@@H]2[C@@H]3CCC4=CC(=O)[C@H](O)C[C@@H]4[C@H]3CC[C@@]21C. The molecule has 4 nitrogen and oxygen atoms in total. The van der Waals surface area contributed by atoms with E-state index in [4.69, 9.17) is 4.74 Å². The van der Waals surface area contributed by atoms with Gasteiger partial charge in [0.05, 0.1) is 0 Å². The number of hydrogen-bond donors (Lipinski definition) is 1. The normalized spacial score (nSPS) is 47.3. The summed E-state index contributed by atoms with van der Waals surface area (Å²) < 4.78 is 5.67. The molecule has 0 aromatic heterocycles. The summed E-state index contributed by atoms with van der Waals surface area (Å²) in [5, 5.41) is 10.0. The highest BCUT2D eigenvalue weighted by Gasteiger charge is 2.57. The first kappa shape index (κ1) is 16.3. The zero-order valence-electron chi connectivity index (χ0n) is 14.7. The monoisotopic (exact) mass is 332 g/mol. The molecular weight excluding hydrogens is 304 g/mol. The van der Waals surface area contributed by atoms with E-state index < -0.39 is 6.10 Å². The number of aliphatic hydroxyl groups excluding tert-OH is 1. The zero-order chi connectivity index (χ0) is 17.1. The predicted octanol–water partition coefficient (Wildman–Crippen LogP) is 3.03. The third-order valence-electron chi connectivity index (χ3n) is 7.61. The number of allylic oxidation sites excluding steroid dienone is 1. The smallest absolute Gasteiger partial charge is 0.302 e. The summed E-state index contributed by atoms with van der Waals surface area (Å²) in [7, 11) is 0. The van der Waals surface area contributed by atoms with Crippen LogP contribution in [0.3, 0.4) is 0 Å². The summed E-state index contributed by atoms with van der Waals surface area (Å²) >= 11 is 0. The molecule has 0 spiro atoms. The quantitative estimate of drug-likeness (QED) is 0.750. The number of fused-ring (bicyclic) bond motifs is 5. The van der Waals surface area contributed by atoms with Gasteiger partial charge in [-0.3, -0.25) is 9.59 Å². The minimum Gasteiger partial charge on any atom is -0.462 e. The Balaban J connectivity index is 1.58. The molecule has 4 rings (SSSR count). The van der Waals surface area contributed by atoms with E-state index in [-0.39, 0.29) is 23.3 Å². The lowest BCUT2D eigenvalue weighted by Crippen LogP contribution is -2.49. The lowest BCUT2D eigenvalue weighted by Gasteiger charge is -2.53. The van der Waals surface area contributed by atoms with Crippen molar-refractivity contribution >= 4 is 11.8 Å². The van der Waals surface area contributed by atoms with Crippen molar-refractivity contribution in [2.24, 2.45) is 29.1 Å². The summed E-state index contributed by atoms with van der Waals surface area (Å²) in [6, 6.07) is 0. The average molecular weight is 332 g/mol. The number of ketones is 1. The van der Waals surface area contributed by atoms with Gasteiger partial charge >= 0.3 is 5.97 Å². The standard InChI is InChI=1S/C20H28O4/c1-11(21)24-19-6-5-16-14-4-3-12-9-17(22)18(23)10-15(12)13(14)7-8-20(16,19)2/h9,13-16,18-19,23H,3-8,10H2,1-2H3/t13-,14+,15-,16+,18+,19+,20-/m0/s1. The van der Waals surface area contributed by atoms with Crippen LogP contribution in [-0.4, -0.2) is 29.1 Å². The van der Waals surface area contributed by atoms with Crippen LogP contribution in [0.2, 0.25) is 0 Å². The Bertz CT molecular complexity index is 594. The van der Waals surface area contributed by atoms with Crippen LogP contribution >= 0.6 is 0 Å². The van der Waals surface area contributed by atoms with Crippen LogP contribution in [0.1, 0.15) is 58.8 Å². The summed E-state index contributed by atoms with van der Waals surface area (Å²) in [6.45, 7) is 3.83. The van der Waals surface area contributed by atoms with Gasteiger partial charge in [-0.1, -0.05) is 12.5 Å². The third kappa shape index (κ3) is 2.37. The van der Waals surface area contributed by atoms with E-state index >= 15 is 0 Å². The second-order valence-corrected chi connectivity index (χ2v) is 8.67. The second-order valence-electron chi connectivity index (χ2n) is 8.67. The van der Waals surface area contributed by atoms with Gasteiger partial charge < -0.3 is 9.84 Å². The maximum atomic E-state index is 11.8. The zero-order valence-corrected chi connectivity index (χ0v) is 14.7.